The topological polar surface area (TPSA) is 104 Å². The van der Waals surface area contributed by atoms with Gasteiger partial charge in [0.1, 0.15) is 0 Å². The smallest absolute Gasteiger partial charge is 0.212 e. The molecule has 2 aliphatic heterocycles. The minimum atomic E-state index is -0.907. The van der Waals surface area contributed by atoms with E-state index in [1.165, 1.54) is 25.7 Å². The molecule has 2 fully saturated rings. The Hall–Kier alpha value is -1.34. The molecule has 2 heterocycles. The van der Waals surface area contributed by atoms with E-state index in [9.17, 15) is 0 Å². The SMILES string of the molecule is CN(C1=NC(N)(C2CCCCCC2)N=C(N)N1)C1CCNCC1. The van der Waals surface area contributed by atoms with Gasteiger partial charge in [0.15, 0.2) is 5.96 Å². The highest BCUT2D eigenvalue weighted by Gasteiger charge is 2.38. The van der Waals surface area contributed by atoms with Crippen LogP contribution in [0.1, 0.15) is 51.4 Å². The molecule has 130 valence electrons. The first-order chi connectivity index (χ1) is 11.1. The Morgan fingerprint density at radius 1 is 1.04 bits per heavy atom. The number of hydrogen-bond donors (Lipinski definition) is 4. The molecule has 1 saturated heterocycles. The van der Waals surface area contributed by atoms with E-state index in [1.54, 1.807) is 0 Å². The van der Waals surface area contributed by atoms with Crippen LogP contribution < -0.4 is 22.1 Å². The molecule has 6 N–H and O–H groups in total. The second-order valence-corrected chi connectivity index (χ2v) is 7.12. The molecule has 1 aliphatic carbocycles. The molecule has 0 aromatic carbocycles. The highest BCUT2D eigenvalue weighted by atomic mass is 15.4. The van der Waals surface area contributed by atoms with Crippen molar-refractivity contribution in [2.45, 2.75) is 63.2 Å². The number of nitrogens with zero attached hydrogens (tertiary/aromatic N) is 3. The third-order valence-electron chi connectivity index (χ3n) is 5.47. The summed E-state index contributed by atoms with van der Waals surface area (Å²) in [4.78, 5) is 11.5. The predicted molar refractivity (Wildman–Crippen MR) is 94.0 cm³/mol. The highest BCUT2D eigenvalue weighted by molar-refractivity contribution is 5.99. The lowest BCUT2D eigenvalue weighted by molar-refractivity contribution is 0.242. The van der Waals surface area contributed by atoms with Gasteiger partial charge in [-0.1, -0.05) is 25.7 Å². The van der Waals surface area contributed by atoms with E-state index in [2.05, 4.69) is 27.6 Å². The fraction of sp³-hybridized carbons (Fsp3) is 0.875. The Kier molecular flexibility index (Phi) is 5.06. The molecule has 1 atom stereocenters. The second kappa shape index (κ2) is 7.05. The first-order valence-electron chi connectivity index (χ1n) is 9.03. The summed E-state index contributed by atoms with van der Waals surface area (Å²) in [6, 6.07) is 0.465. The van der Waals surface area contributed by atoms with Gasteiger partial charge in [0.05, 0.1) is 0 Å². The van der Waals surface area contributed by atoms with Crippen LogP contribution in [0.4, 0.5) is 0 Å². The molecule has 0 aromatic rings. The van der Waals surface area contributed by atoms with Gasteiger partial charge in [0, 0.05) is 19.0 Å². The number of aliphatic imine (C=N–C) groups is 2. The van der Waals surface area contributed by atoms with Crippen molar-refractivity contribution >= 4 is 11.9 Å². The van der Waals surface area contributed by atoms with E-state index >= 15 is 0 Å². The fourth-order valence-corrected chi connectivity index (χ4v) is 3.98. The molecular formula is C16H31N7. The average molecular weight is 321 g/mol. The number of nitrogens with two attached hydrogens (primary N) is 2. The molecule has 0 amide bonds. The summed E-state index contributed by atoms with van der Waals surface area (Å²) in [6.07, 6.45) is 9.38. The number of hydrogen-bond acceptors (Lipinski definition) is 7. The van der Waals surface area contributed by atoms with Crippen LogP contribution in [0.2, 0.25) is 0 Å². The number of nitrogens with one attached hydrogen (secondary N) is 2. The van der Waals surface area contributed by atoms with Crippen LogP contribution in [-0.4, -0.2) is 48.8 Å². The highest BCUT2D eigenvalue weighted by Crippen LogP contribution is 2.33. The molecule has 3 rings (SSSR count). The molecule has 1 unspecified atom stereocenters. The fourth-order valence-electron chi connectivity index (χ4n) is 3.98. The lowest BCUT2D eigenvalue weighted by Crippen LogP contribution is -2.59. The number of guanidine groups is 2. The molecule has 7 heteroatoms. The summed E-state index contributed by atoms with van der Waals surface area (Å²) < 4.78 is 0. The molecule has 0 radical (unpaired) electrons. The van der Waals surface area contributed by atoms with Gasteiger partial charge in [0.25, 0.3) is 0 Å². The lowest BCUT2D eigenvalue weighted by Gasteiger charge is -2.39. The summed E-state index contributed by atoms with van der Waals surface area (Å²) in [5, 5.41) is 6.52. The summed E-state index contributed by atoms with van der Waals surface area (Å²) in [5.74, 6) is 0.539. The van der Waals surface area contributed by atoms with Gasteiger partial charge in [-0.25, -0.2) is 9.98 Å². The Balaban J connectivity index is 1.78. The van der Waals surface area contributed by atoms with Crippen molar-refractivity contribution < 1.29 is 0 Å². The Labute approximate surface area is 139 Å². The van der Waals surface area contributed by atoms with Gasteiger partial charge >= 0.3 is 0 Å². The van der Waals surface area contributed by atoms with Gasteiger partial charge in [-0.15, -0.1) is 0 Å². The molecular weight excluding hydrogens is 290 g/mol. The Bertz CT molecular complexity index is 461. The van der Waals surface area contributed by atoms with Crippen LogP contribution in [0.25, 0.3) is 0 Å². The van der Waals surface area contributed by atoms with Crippen LogP contribution >= 0.6 is 0 Å². The maximum Gasteiger partial charge on any atom is 0.212 e. The predicted octanol–water partition coefficient (Wildman–Crippen LogP) is 0.527. The average Bonchev–Trinajstić information content (AvgIpc) is 2.84. The van der Waals surface area contributed by atoms with Crippen LogP contribution in [0, 0.1) is 5.92 Å². The van der Waals surface area contributed by atoms with Crippen molar-refractivity contribution in [1.82, 2.24) is 15.5 Å². The first kappa shape index (κ1) is 16.5. The first-order valence-corrected chi connectivity index (χ1v) is 9.03. The molecule has 23 heavy (non-hydrogen) atoms. The van der Waals surface area contributed by atoms with Gasteiger partial charge in [-0.2, -0.15) is 0 Å². The largest absolute Gasteiger partial charge is 0.370 e. The Morgan fingerprint density at radius 2 is 1.70 bits per heavy atom. The standard InChI is InChI=1S/C16H31N7/c1-23(13-8-10-19-11-9-13)15-20-14(17)21-16(18,22-15)12-6-4-2-3-5-7-12/h12-13,19H,2-11,18H2,1H3,(H3,17,20,21,22). The molecule has 0 bridgehead atoms. The number of rotatable bonds is 2. The van der Waals surface area contributed by atoms with Crippen LogP contribution in [0.3, 0.4) is 0 Å². The van der Waals surface area contributed by atoms with E-state index in [0.717, 1.165) is 44.7 Å². The molecule has 0 aromatic heterocycles. The van der Waals surface area contributed by atoms with Crippen LogP contribution in [0.5, 0.6) is 0 Å². The van der Waals surface area contributed by atoms with Gasteiger partial charge in [-0.05, 0) is 38.8 Å². The quantitative estimate of drug-likeness (QED) is 0.555. The summed E-state index contributed by atoms with van der Waals surface area (Å²) in [7, 11) is 2.08. The third kappa shape index (κ3) is 3.77. The molecule has 0 spiro atoms. The molecule has 1 saturated carbocycles. The van der Waals surface area contributed by atoms with Crippen molar-refractivity contribution in [2.24, 2.45) is 27.4 Å². The zero-order chi connectivity index (χ0) is 16.3. The maximum absolute atomic E-state index is 6.62. The zero-order valence-electron chi connectivity index (χ0n) is 14.2. The minimum absolute atomic E-state index is 0.280. The van der Waals surface area contributed by atoms with E-state index in [4.69, 9.17) is 16.5 Å². The van der Waals surface area contributed by atoms with Crippen molar-refractivity contribution in [1.29, 1.82) is 0 Å². The monoisotopic (exact) mass is 321 g/mol. The normalized spacial score (nSPS) is 30.9. The van der Waals surface area contributed by atoms with E-state index in [0.29, 0.717) is 12.0 Å². The molecule has 7 nitrogen and oxygen atoms in total. The molecule has 3 aliphatic rings. The van der Waals surface area contributed by atoms with Gasteiger partial charge in [0.2, 0.25) is 11.7 Å². The lowest BCUT2D eigenvalue weighted by atomic mass is 9.93. The van der Waals surface area contributed by atoms with Gasteiger partial charge in [-0.3, -0.25) is 11.1 Å². The van der Waals surface area contributed by atoms with Crippen molar-refractivity contribution in [3.05, 3.63) is 0 Å². The maximum atomic E-state index is 6.62. The van der Waals surface area contributed by atoms with E-state index < -0.39 is 5.79 Å². The second-order valence-electron chi connectivity index (χ2n) is 7.12. The summed E-state index contributed by atoms with van der Waals surface area (Å²) in [6.45, 7) is 2.09. The van der Waals surface area contributed by atoms with Gasteiger partial charge < -0.3 is 16.0 Å². The third-order valence-corrected chi connectivity index (χ3v) is 5.47. The zero-order valence-corrected chi connectivity index (χ0v) is 14.2. The van der Waals surface area contributed by atoms with E-state index in [1.807, 2.05) is 0 Å². The van der Waals surface area contributed by atoms with Crippen molar-refractivity contribution in [3.8, 4) is 0 Å². The minimum Gasteiger partial charge on any atom is -0.370 e. The van der Waals surface area contributed by atoms with Crippen LogP contribution in [0.15, 0.2) is 9.98 Å². The van der Waals surface area contributed by atoms with Crippen molar-refractivity contribution in [3.63, 3.8) is 0 Å². The van der Waals surface area contributed by atoms with Crippen molar-refractivity contribution in [2.75, 3.05) is 20.1 Å². The Morgan fingerprint density at radius 3 is 2.35 bits per heavy atom. The number of piperidine rings is 1. The summed E-state index contributed by atoms with van der Waals surface area (Å²) >= 11 is 0. The van der Waals surface area contributed by atoms with E-state index in [-0.39, 0.29) is 5.92 Å². The van der Waals surface area contributed by atoms with Crippen LogP contribution in [-0.2, 0) is 0 Å². The summed E-state index contributed by atoms with van der Waals surface area (Å²) in [5.41, 5.74) is 12.7.